The Kier molecular flexibility index (Phi) is 3.07. The average molecular weight is 310 g/mol. The number of pyridine rings is 1. The zero-order valence-corrected chi connectivity index (χ0v) is 13.1. The van der Waals surface area contributed by atoms with E-state index in [-0.39, 0.29) is 0 Å². The topological polar surface area (TPSA) is 71.8 Å². The first-order valence-electron chi connectivity index (χ1n) is 6.95. The Morgan fingerprint density at radius 3 is 2.73 bits per heavy atom. The molecular formula is C15H14N6S. The van der Waals surface area contributed by atoms with Crippen LogP contribution in [-0.2, 0) is 0 Å². The number of fused-ring (bicyclic) bond motifs is 1. The summed E-state index contributed by atoms with van der Waals surface area (Å²) >= 11 is 1.65. The SMILES string of the molecule is Cc1cc(C2=Nn3c(nnc3-c3ccncc3)SC2)c(C)[nH]1. The van der Waals surface area contributed by atoms with Gasteiger partial charge < -0.3 is 4.98 Å². The maximum atomic E-state index is 4.77. The van der Waals surface area contributed by atoms with E-state index < -0.39 is 0 Å². The van der Waals surface area contributed by atoms with Crippen molar-refractivity contribution in [1.82, 2.24) is 24.8 Å². The summed E-state index contributed by atoms with van der Waals surface area (Å²) in [6, 6.07) is 5.96. The van der Waals surface area contributed by atoms with Gasteiger partial charge in [-0.15, -0.1) is 10.2 Å². The molecule has 0 saturated heterocycles. The zero-order chi connectivity index (χ0) is 15.1. The predicted octanol–water partition coefficient (Wildman–Crippen LogP) is 2.64. The fourth-order valence-electron chi connectivity index (χ4n) is 2.56. The maximum Gasteiger partial charge on any atom is 0.212 e. The van der Waals surface area contributed by atoms with Crippen LogP contribution < -0.4 is 0 Å². The van der Waals surface area contributed by atoms with Gasteiger partial charge in [0.25, 0.3) is 0 Å². The van der Waals surface area contributed by atoms with Gasteiger partial charge in [0.05, 0.1) is 5.71 Å². The minimum Gasteiger partial charge on any atom is -0.362 e. The monoisotopic (exact) mass is 310 g/mol. The van der Waals surface area contributed by atoms with Crippen LogP contribution in [0.3, 0.4) is 0 Å². The zero-order valence-electron chi connectivity index (χ0n) is 12.2. The molecule has 0 unspecified atom stereocenters. The molecule has 3 aromatic heterocycles. The maximum absolute atomic E-state index is 4.77. The minimum absolute atomic E-state index is 0.743. The molecule has 22 heavy (non-hydrogen) atoms. The molecule has 4 heterocycles. The van der Waals surface area contributed by atoms with Crippen molar-refractivity contribution in [2.75, 3.05) is 5.75 Å². The van der Waals surface area contributed by atoms with E-state index >= 15 is 0 Å². The van der Waals surface area contributed by atoms with Crippen LogP contribution in [0.15, 0.2) is 40.9 Å². The molecule has 7 heteroatoms. The van der Waals surface area contributed by atoms with Crippen molar-refractivity contribution in [3.63, 3.8) is 0 Å². The fraction of sp³-hybridized carbons (Fsp3) is 0.200. The van der Waals surface area contributed by atoms with Crippen molar-refractivity contribution in [3.8, 4) is 11.4 Å². The molecule has 1 aliphatic rings. The molecular weight excluding hydrogens is 296 g/mol. The Balaban J connectivity index is 1.83. The van der Waals surface area contributed by atoms with Crippen LogP contribution in [0.4, 0.5) is 0 Å². The molecule has 0 spiro atoms. The van der Waals surface area contributed by atoms with Crippen molar-refractivity contribution >= 4 is 17.5 Å². The van der Waals surface area contributed by atoms with Gasteiger partial charge in [-0.2, -0.15) is 9.78 Å². The molecule has 0 aromatic carbocycles. The Hall–Kier alpha value is -2.41. The highest BCUT2D eigenvalue weighted by molar-refractivity contribution is 7.99. The number of aromatic amines is 1. The third-order valence-corrected chi connectivity index (χ3v) is 4.50. The Bertz CT molecular complexity index is 862. The molecule has 1 N–H and O–H groups in total. The van der Waals surface area contributed by atoms with Crippen LogP contribution in [0.1, 0.15) is 17.0 Å². The molecule has 0 fully saturated rings. The van der Waals surface area contributed by atoms with Crippen LogP contribution in [0.2, 0.25) is 0 Å². The highest BCUT2D eigenvalue weighted by atomic mass is 32.2. The summed E-state index contributed by atoms with van der Waals surface area (Å²) in [7, 11) is 0. The number of aryl methyl sites for hydroxylation is 2. The number of aromatic nitrogens is 5. The molecule has 0 bridgehead atoms. The van der Waals surface area contributed by atoms with E-state index in [1.807, 2.05) is 16.8 Å². The molecule has 0 amide bonds. The van der Waals surface area contributed by atoms with Crippen LogP contribution >= 0.6 is 11.8 Å². The number of nitrogens with one attached hydrogen (secondary N) is 1. The van der Waals surface area contributed by atoms with Gasteiger partial charge in [0.15, 0.2) is 5.82 Å². The lowest BCUT2D eigenvalue weighted by Gasteiger charge is -2.13. The first-order valence-corrected chi connectivity index (χ1v) is 7.94. The minimum atomic E-state index is 0.743. The second kappa shape index (κ2) is 5.10. The van der Waals surface area contributed by atoms with Crippen LogP contribution in [0.25, 0.3) is 11.4 Å². The second-order valence-electron chi connectivity index (χ2n) is 5.18. The second-order valence-corrected chi connectivity index (χ2v) is 6.12. The number of H-pyrrole nitrogens is 1. The van der Waals surface area contributed by atoms with Gasteiger partial charge >= 0.3 is 0 Å². The van der Waals surface area contributed by atoms with Gasteiger partial charge in [-0.05, 0) is 32.0 Å². The van der Waals surface area contributed by atoms with E-state index in [4.69, 9.17) is 5.10 Å². The van der Waals surface area contributed by atoms with Gasteiger partial charge in [-0.25, -0.2) is 0 Å². The summed E-state index contributed by atoms with van der Waals surface area (Å²) < 4.78 is 1.82. The van der Waals surface area contributed by atoms with Crippen LogP contribution in [0.5, 0.6) is 0 Å². The quantitative estimate of drug-likeness (QED) is 0.790. The van der Waals surface area contributed by atoms with Gasteiger partial charge in [0.2, 0.25) is 5.16 Å². The summed E-state index contributed by atoms with van der Waals surface area (Å²) in [4.78, 5) is 7.37. The van der Waals surface area contributed by atoms with Gasteiger partial charge in [0, 0.05) is 40.7 Å². The fourth-order valence-corrected chi connectivity index (χ4v) is 3.39. The Morgan fingerprint density at radius 2 is 2.00 bits per heavy atom. The Labute approximate surface area is 131 Å². The largest absolute Gasteiger partial charge is 0.362 e. The van der Waals surface area contributed by atoms with E-state index in [2.05, 4.69) is 40.1 Å². The highest BCUT2D eigenvalue weighted by Crippen LogP contribution is 2.28. The van der Waals surface area contributed by atoms with Crippen molar-refractivity contribution in [2.45, 2.75) is 19.0 Å². The molecule has 0 atom stereocenters. The predicted molar refractivity (Wildman–Crippen MR) is 86.2 cm³/mol. The summed E-state index contributed by atoms with van der Waals surface area (Å²) in [5, 5.41) is 14.1. The van der Waals surface area contributed by atoms with E-state index in [9.17, 15) is 0 Å². The average Bonchev–Trinajstić information content (AvgIpc) is 3.10. The number of nitrogens with zero attached hydrogens (tertiary/aromatic N) is 5. The lowest BCUT2D eigenvalue weighted by molar-refractivity contribution is 0.762. The third-order valence-electron chi connectivity index (χ3n) is 3.57. The van der Waals surface area contributed by atoms with Gasteiger partial charge in [-0.1, -0.05) is 11.8 Å². The Morgan fingerprint density at radius 1 is 1.18 bits per heavy atom. The van der Waals surface area contributed by atoms with Crippen molar-refractivity contribution in [1.29, 1.82) is 0 Å². The lowest BCUT2D eigenvalue weighted by Crippen LogP contribution is -2.14. The molecule has 0 saturated carbocycles. The van der Waals surface area contributed by atoms with E-state index in [0.29, 0.717) is 0 Å². The first kappa shape index (κ1) is 13.3. The number of hydrogen-bond acceptors (Lipinski definition) is 5. The van der Waals surface area contributed by atoms with Crippen LogP contribution in [0, 0.1) is 13.8 Å². The van der Waals surface area contributed by atoms with Gasteiger partial charge in [0.1, 0.15) is 0 Å². The van der Waals surface area contributed by atoms with Crippen LogP contribution in [-0.4, -0.2) is 36.3 Å². The molecule has 6 nitrogen and oxygen atoms in total. The van der Waals surface area contributed by atoms with Crippen molar-refractivity contribution in [3.05, 3.63) is 47.5 Å². The summed E-state index contributed by atoms with van der Waals surface area (Å²) in [6.07, 6.45) is 3.49. The molecule has 4 rings (SSSR count). The summed E-state index contributed by atoms with van der Waals surface area (Å²) in [6.45, 7) is 4.13. The standard InChI is InChI=1S/C15H14N6S/c1-9-7-12(10(2)17-9)13-8-22-15-19-18-14(21(15)20-13)11-3-5-16-6-4-11/h3-7,17H,8H2,1-2H3. The number of thioether (sulfide) groups is 1. The molecule has 0 aliphatic carbocycles. The smallest absolute Gasteiger partial charge is 0.212 e. The molecule has 0 radical (unpaired) electrons. The van der Waals surface area contributed by atoms with Crippen molar-refractivity contribution in [2.24, 2.45) is 5.10 Å². The van der Waals surface area contributed by atoms with E-state index in [1.54, 1.807) is 24.2 Å². The van der Waals surface area contributed by atoms with Crippen molar-refractivity contribution < 1.29 is 0 Å². The summed E-state index contributed by atoms with van der Waals surface area (Å²) in [5.41, 5.74) is 5.43. The number of rotatable bonds is 2. The third kappa shape index (κ3) is 2.14. The lowest BCUT2D eigenvalue weighted by atomic mass is 10.1. The number of hydrogen-bond donors (Lipinski definition) is 1. The molecule has 3 aromatic rings. The normalized spacial score (nSPS) is 13.8. The van der Waals surface area contributed by atoms with Gasteiger partial charge in [-0.3, -0.25) is 4.98 Å². The van der Waals surface area contributed by atoms with E-state index in [0.717, 1.165) is 45.0 Å². The summed E-state index contributed by atoms with van der Waals surface area (Å²) in [5.74, 6) is 1.54. The highest BCUT2D eigenvalue weighted by Gasteiger charge is 2.22. The van der Waals surface area contributed by atoms with E-state index in [1.165, 1.54) is 0 Å². The molecule has 1 aliphatic heterocycles. The first-order chi connectivity index (χ1) is 10.7. The molecule has 110 valence electrons.